The van der Waals surface area contributed by atoms with Crippen LogP contribution in [-0.2, 0) is 13.1 Å². The van der Waals surface area contributed by atoms with Gasteiger partial charge in [0, 0.05) is 6.54 Å². The summed E-state index contributed by atoms with van der Waals surface area (Å²) in [5, 5.41) is 3.21. The summed E-state index contributed by atoms with van der Waals surface area (Å²) in [4.78, 5) is 0. The van der Waals surface area contributed by atoms with Crippen molar-refractivity contribution in [2.45, 2.75) is 20.0 Å². The first-order valence-corrected chi connectivity index (χ1v) is 6.15. The van der Waals surface area contributed by atoms with Crippen molar-refractivity contribution in [2.24, 2.45) is 0 Å². The molecule has 0 bridgehead atoms. The first-order chi connectivity index (χ1) is 8.16. The van der Waals surface area contributed by atoms with E-state index in [2.05, 4.69) is 21.2 Å². The minimum absolute atomic E-state index is 0.238. The van der Waals surface area contributed by atoms with Gasteiger partial charge in [0.25, 0.3) is 0 Å². The van der Waals surface area contributed by atoms with E-state index in [-0.39, 0.29) is 5.82 Å². The first-order valence-electron chi connectivity index (χ1n) is 5.36. The van der Waals surface area contributed by atoms with Gasteiger partial charge < -0.3 is 9.73 Å². The molecule has 1 aromatic carbocycles. The van der Waals surface area contributed by atoms with Crippen LogP contribution >= 0.6 is 15.9 Å². The Kier molecular flexibility index (Phi) is 3.97. The van der Waals surface area contributed by atoms with Crippen LogP contribution < -0.4 is 5.32 Å². The van der Waals surface area contributed by atoms with Crippen LogP contribution in [0.3, 0.4) is 0 Å². The van der Waals surface area contributed by atoms with E-state index in [9.17, 15) is 4.39 Å². The van der Waals surface area contributed by atoms with Crippen molar-refractivity contribution in [1.29, 1.82) is 0 Å². The quantitative estimate of drug-likeness (QED) is 0.929. The van der Waals surface area contributed by atoms with E-state index in [0.717, 1.165) is 17.1 Å². The Balaban J connectivity index is 1.92. The van der Waals surface area contributed by atoms with Gasteiger partial charge in [0.05, 0.1) is 11.0 Å². The van der Waals surface area contributed by atoms with Crippen LogP contribution in [0.1, 0.15) is 17.1 Å². The standard InChI is InChI=1S/C13H13BrFNO/c1-9-5-6-11(17-9)8-16-7-10-3-2-4-12(15)13(10)14/h2-6,16H,7-8H2,1H3. The number of hydrogen-bond acceptors (Lipinski definition) is 2. The lowest BCUT2D eigenvalue weighted by Crippen LogP contribution is -2.12. The van der Waals surface area contributed by atoms with Gasteiger partial charge in [-0.2, -0.15) is 0 Å². The molecule has 2 rings (SSSR count). The third-order valence-electron chi connectivity index (χ3n) is 2.44. The van der Waals surface area contributed by atoms with Crippen molar-refractivity contribution in [3.63, 3.8) is 0 Å². The second-order valence-electron chi connectivity index (χ2n) is 3.83. The Hall–Kier alpha value is -1.13. The summed E-state index contributed by atoms with van der Waals surface area (Å²) in [6, 6.07) is 8.88. The fourth-order valence-electron chi connectivity index (χ4n) is 1.59. The van der Waals surface area contributed by atoms with E-state index >= 15 is 0 Å². The van der Waals surface area contributed by atoms with E-state index < -0.39 is 0 Å². The zero-order chi connectivity index (χ0) is 12.3. The molecule has 2 aromatic rings. The SMILES string of the molecule is Cc1ccc(CNCc2cccc(F)c2Br)o1. The molecule has 4 heteroatoms. The van der Waals surface area contributed by atoms with Gasteiger partial charge in [-0.25, -0.2) is 4.39 Å². The van der Waals surface area contributed by atoms with Gasteiger partial charge in [-0.15, -0.1) is 0 Å². The maximum atomic E-state index is 13.2. The van der Waals surface area contributed by atoms with Crippen molar-refractivity contribution in [2.75, 3.05) is 0 Å². The smallest absolute Gasteiger partial charge is 0.137 e. The summed E-state index contributed by atoms with van der Waals surface area (Å²) in [6.07, 6.45) is 0. The minimum Gasteiger partial charge on any atom is -0.465 e. The van der Waals surface area contributed by atoms with Crippen LogP contribution in [0.4, 0.5) is 4.39 Å². The predicted octanol–water partition coefficient (Wildman–Crippen LogP) is 3.78. The maximum absolute atomic E-state index is 13.2. The molecule has 17 heavy (non-hydrogen) atoms. The van der Waals surface area contributed by atoms with Crippen LogP contribution in [-0.4, -0.2) is 0 Å². The van der Waals surface area contributed by atoms with E-state index in [0.29, 0.717) is 17.6 Å². The second kappa shape index (κ2) is 5.47. The Labute approximate surface area is 108 Å². The third kappa shape index (κ3) is 3.17. The van der Waals surface area contributed by atoms with Crippen molar-refractivity contribution >= 4 is 15.9 Å². The van der Waals surface area contributed by atoms with Crippen LogP contribution in [0.5, 0.6) is 0 Å². The Morgan fingerprint density at radius 2 is 2.06 bits per heavy atom. The molecule has 0 amide bonds. The predicted molar refractivity (Wildman–Crippen MR) is 68.1 cm³/mol. The number of hydrogen-bond donors (Lipinski definition) is 1. The molecule has 1 N–H and O–H groups in total. The molecule has 0 radical (unpaired) electrons. The third-order valence-corrected chi connectivity index (χ3v) is 3.33. The zero-order valence-electron chi connectivity index (χ0n) is 9.47. The zero-order valence-corrected chi connectivity index (χ0v) is 11.1. The van der Waals surface area contributed by atoms with Crippen molar-refractivity contribution in [3.8, 4) is 0 Å². The molecular formula is C13H13BrFNO. The Morgan fingerprint density at radius 1 is 1.24 bits per heavy atom. The molecule has 0 unspecified atom stereocenters. The van der Waals surface area contributed by atoms with Crippen LogP contribution in [0, 0.1) is 12.7 Å². The van der Waals surface area contributed by atoms with Crippen LogP contribution in [0.25, 0.3) is 0 Å². The molecule has 0 spiro atoms. The van der Waals surface area contributed by atoms with Gasteiger partial charge in [0.2, 0.25) is 0 Å². The number of benzene rings is 1. The van der Waals surface area contributed by atoms with Gasteiger partial charge in [-0.1, -0.05) is 12.1 Å². The molecule has 2 nitrogen and oxygen atoms in total. The summed E-state index contributed by atoms with van der Waals surface area (Å²) >= 11 is 3.23. The molecule has 0 fully saturated rings. The Morgan fingerprint density at radius 3 is 2.76 bits per heavy atom. The monoisotopic (exact) mass is 297 g/mol. The highest BCUT2D eigenvalue weighted by Gasteiger charge is 2.05. The lowest BCUT2D eigenvalue weighted by Gasteiger charge is -2.06. The second-order valence-corrected chi connectivity index (χ2v) is 4.62. The number of halogens is 2. The lowest BCUT2D eigenvalue weighted by molar-refractivity contribution is 0.461. The van der Waals surface area contributed by atoms with Gasteiger partial charge in [0.1, 0.15) is 17.3 Å². The van der Waals surface area contributed by atoms with Gasteiger partial charge in [0.15, 0.2) is 0 Å². The molecule has 0 saturated carbocycles. The van der Waals surface area contributed by atoms with E-state index in [1.54, 1.807) is 6.07 Å². The number of rotatable bonds is 4. The Bertz CT molecular complexity index is 510. The molecule has 0 aliphatic heterocycles. The fraction of sp³-hybridized carbons (Fsp3) is 0.231. The van der Waals surface area contributed by atoms with E-state index in [1.165, 1.54) is 6.07 Å². The molecule has 0 saturated heterocycles. The average Bonchev–Trinajstić information content (AvgIpc) is 2.70. The minimum atomic E-state index is -0.238. The first kappa shape index (κ1) is 12.3. The fourth-order valence-corrected chi connectivity index (χ4v) is 1.99. The van der Waals surface area contributed by atoms with E-state index in [1.807, 2.05) is 25.1 Å². The largest absolute Gasteiger partial charge is 0.465 e. The molecule has 1 aromatic heterocycles. The van der Waals surface area contributed by atoms with E-state index in [4.69, 9.17) is 4.42 Å². The summed E-state index contributed by atoms with van der Waals surface area (Å²) in [6.45, 7) is 3.14. The molecule has 1 heterocycles. The highest BCUT2D eigenvalue weighted by atomic mass is 79.9. The van der Waals surface area contributed by atoms with Crippen LogP contribution in [0.15, 0.2) is 39.2 Å². The van der Waals surface area contributed by atoms with Gasteiger partial charge in [-0.3, -0.25) is 0 Å². The topological polar surface area (TPSA) is 25.2 Å². The normalized spacial score (nSPS) is 10.8. The maximum Gasteiger partial charge on any atom is 0.137 e. The lowest BCUT2D eigenvalue weighted by atomic mass is 10.2. The number of nitrogens with one attached hydrogen (secondary N) is 1. The molecule has 0 aliphatic rings. The molecule has 0 aliphatic carbocycles. The van der Waals surface area contributed by atoms with Crippen molar-refractivity contribution in [3.05, 3.63) is 57.7 Å². The highest BCUT2D eigenvalue weighted by Crippen LogP contribution is 2.20. The van der Waals surface area contributed by atoms with Crippen molar-refractivity contribution < 1.29 is 8.81 Å². The summed E-state index contributed by atoms with van der Waals surface area (Å²) < 4.78 is 19.2. The molecule has 0 atom stereocenters. The van der Waals surface area contributed by atoms with Crippen LogP contribution in [0.2, 0.25) is 0 Å². The van der Waals surface area contributed by atoms with Crippen molar-refractivity contribution in [1.82, 2.24) is 5.32 Å². The average molecular weight is 298 g/mol. The summed E-state index contributed by atoms with van der Waals surface area (Å²) in [7, 11) is 0. The summed E-state index contributed by atoms with van der Waals surface area (Å²) in [5.41, 5.74) is 0.897. The number of furan rings is 1. The number of aryl methyl sites for hydroxylation is 1. The van der Waals surface area contributed by atoms with Gasteiger partial charge in [-0.05, 0) is 46.6 Å². The molecular weight excluding hydrogens is 285 g/mol. The van der Waals surface area contributed by atoms with Gasteiger partial charge >= 0.3 is 0 Å². The highest BCUT2D eigenvalue weighted by molar-refractivity contribution is 9.10. The summed E-state index contributed by atoms with van der Waals surface area (Å²) in [5.74, 6) is 1.54. The molecule has 90 valence electrons.